The predicted octanol–water partition coefficient (Wildman–Crippen LogP) is 5.27. The van der Waals surface area contributed by atoms with E-state index < -0.39 is 23.7 Å². The highest BCUT2D eigenvalue weighted by atomic mass is 35.5. The number of likely N-dealkylation sites (N-methyl/N-ethyl adjacent to an activating group) is 2. The van der Waals surface area contributed by atoms with Gasteiger partial charge in [-0.05, 0) is 37.4 Å². The predicted molar refractivity (Wildman–Crippen MR) is 95.7 cm³/mol. The lowest BCUT2D eigenvalue weighted by atomic mass is 9.92. The van der Waals surface area contributed by atoms with Crippen LogP contribution < -0.4 is 10.6 Å². The van der Waals surface area contributed by atoms with Gasteiger partial charge < -0.3 is 10.6 Å². The van der Waals surface area contributed by atoms with Crippen LogP contribution in [-0.4, -0.2) is 13.1 Å². The van der Waals surface area contributed by atoms with E-state index in [-0.39, 0.29) is 10.0 Å². The van der Waals surface area contributed by atoms with E-state index in [9.17, 15) is 8.78 Å². The highest BCUT2D eigenvalue weighted by Crippen LogP contribution is 2.38. The molecule has 2 aromatic carbocycles. The Balaban J connectivity index is 2.60. The van der Waals surface area contributed by atoms with Crippen LogP contribution >= 0.6 is 23.2 Å². The highest BCUT2D eigenvalue weighted by molar-refractivity contribution is 6.32. The largest absolute Gasteiger partial charge is 0.308 e. The Morgan fingerprint density at radius 1 is 0.792 bits per heavy atom. The van der Waals surface area contributed by atoms with Crippen molar-refractivity contribution in [2.45, 2.75) is 25.9 Å². The fraction of sp³-hybridized carbons (Fsp3) is 0.333. The summed E-state index contributed by atoms with van der Waals surface area (Å²) in [6.07, 6.45) is 0. The van der Waals surface area contributed by atoms with Crippen LogP contribution in [0.5, 0.6) is 0 Å². The summed E-state index contributed by atoms with van der Waals surface area (Å²) in [7, 11) is 0. The van der Waals surface area contributed by atoms with Crippen LogP contribution in [0.1, 0.15) is 37.1 Å². The van der Waals surface area contributed by atoms with Gasteiger partial charge >= 0.3 is 0 Å². The average Bonchev–Trinajstić information content (AvgIpc) is 2.53. The molecule has 2 N–H and O–H groups in total. The Kier molecular flexibility index (Phi) is 6.99. The summed E-state index contributed by atoms with van der Waals surface area (Å²) in [6.45, 7) is 4.91. The molecule has 24 heavy (non-hydrogen) atoms. The quantitative estimate of drug-likeness (QED) is 0.691. The third-order valence-electron chi connectivity index (χ3n) is 3.80. The smallest absolute Gasteiger partial charge is 0.129 e. The highest BCUT2D eigenvalue weighted by Gasteiger charge is 2.31. The van der Waals surface area contributed by atoms with E-state index >= 15 is 0 Å². The molecule has 0 spiro atoms. The van der Waals surface area contributed by atoms with Crippen molar-refractivity contribution in [2.75, 3.05) is 13.1 Å². The molecule has 2 unspecified atom stereocenters. The number of hydrogen-bond acceptors (Lipinski definition) is 2. The van der Waals surface area contributed by atoms with Crippen molar-refractivity contribution in [1.29, 1.82) is 0 Å². The summed E-state index contributed by atoms with van der Waals surface area (Å²) >= 11 is 12.5. The molecule has 0 aliphatic heterocycles. The van der Waals surface area contributed by atoms with Crippen LogP contribution in [0.2, 0.25) is 10.0 Å². The summed E-state index contributed by atoms with van der Waals surface area (Å²) in [5.74, 6) is -0.882. The van der Waals surface area contributed by atoms with Crippen LogP contribution in [0.4, 0.5) is 8.78 Å². The van der Waals surface area contributed by atoms with Gasteiger partial charge in [-0.2, -0.15) is 0 Å². The monoisotopic (exact) mass is 372 g/mol. The molecule has 2 atom stereocenters. The van der Waals surface area contributed by atoms with E-state index in [1.807, 2.05) is 13.8 Å². The molecule has 0 aromatic heterocycles. The van der Waals surface area contributed by atoms with Gasteiger partial charge in [0, 0.05) is 21.2 Å². The Hall–Kier alpha value is -1.20. The van der Waals surface area contributed by atoms with Crippen LogP contribution in [0.15, 0.2) is 36.4 Å². The maximum atomic E-state index is 14.5. The standard InChI is InChI=1S/C18H20Cl2F2N2/c1-3-23-17(15-11(19)7-5-9-13(15)21)18(24-4-2)16-12(20)8-6-10-14(16)22/h5-10,17-18,23-24H,3-4H2,1-2H3. The maximum Gasteiger partial charge on any atom is 0.129 e. The molecule has 2 aromatic rings. The van der Waals surface area contributed by atoms with Crippen LogP contribution in [0.25, 0.3) is 0 Å². The molecule has 6 heteroatoms. The number of rotatable bonds is 7. The second kappa shape index (κ2) is 8.77. The lowest BCUT2D eigenvalue weighted by molar-refractivity contribution is 0.376. The van der Waals surface area contributed by atoms with Crippen molar-refractivity contribution in [3.8, 4) is 0 Å². The first-order valence-corrected chi connectivity index (χ1v) is 8.61. The third kappa shape index (κ3) is 4.06. The summed E-state index contributed by atoms with van der Waals surface area (Å²) in [6, 6.07) is 7.88. The first kappa shape index (κ1) is 19.1. The molecule has 0 saturated heterocycles. The van der Waals surface area contributed by atoms with Gasteiger partial charge in [0.1, 0.15) is 11.6 Å². The average molecular weight is 373 g/mol. The minimum absolute atomic E-state index is 0.288. The summed E-state index contributed by atoms with van der Waals surface area (Å²) in [5, 5.41) is 6.99. The molecule has 0 saturated carbocycles. The van der Waals surface area contributed by atoms with Crippen molar-refractivity contribution >= 4 is 23.2 Å². The molecule has 2 rings (SSSR count). The first-order chi connectivity index (χ1) is 11.5. The van der Waals surface area contributed by atoms with Gasteiger partial charge in [-0.3, -0.25) is 0 Å². The van der Waals surface area contributed by atoms with E-state index in [1.165, 1.54) is 12.1 Å². The van der Waals surface area contributed by atoms with Crippen LogP contribution in [0, 0.1) is 11.6 Å². The van der Waals surface area contributed by atoms with Crippen molar-refractivity contribution in [3.05, 3.63) is 69.2 Å². The molecule has 2 nitrogen and oxygen atoms in total. The normalized spacial score (nSPS) is 13.8. The van der Waals surface area contributed by atoms with E-state index in [4.69, 9.17) is 23.2 Å². The van der Waals surface area contributed by atoms with E-state index in [1.54, 1.807) is 24.3 Å². The minimum Gasteiger partial charge on any atom is -0.308 e. The molecule has 130 valence electrons. The van der Waals surface area contributed by atoms with E-state index in [0.717, 1.165) is 0 Å². The minimum atomic E-state index is -0.571. The number of halogens is 4. The fourth-order valence-corrected chi connectivity index (χ4v) is 3.39. The second-order valence-electron chi connectivity index (χ2n) is 5.34. The molecular weight excluding hydrogens is 353 g/mol. The second-order valence-corrected chi connectivity index (χ2v) is 6.16. The summed E-state index contributed by atoms with van der Waals surface area (Å²) in [5.41, 5.74) is 0.595. The molecule has 0 radical (unpaired) electrons. The Morgan fingerprint density at radius 3 is 1.46 bits per heavy atom. The Labute approximate surface area is 151 Å². The third-order valence-corrected chi connectivity index (χ3v) is 4.46. The Bertz CT molecular complexity index is 595. The zero-order chi connectivity index (χ0) is 17.7. The SMILES string of the molecule is CCNC(c1c(F)cccc1Cl)C(NCC)c1c(F)cccc1Cl. The summed E-state index contributed by atoms with van der Waals surface area (Å²) in [4.78, 5) is 0. The molecule has 0 heterocycles. The summed E-state index contributed by atoms with van der Waals surface area (Å²) < 4.78 is 28.9. The van der Waals surface area contributed by atoms with Crippen LogP contribution in [0.3, 0.4) is 0 Å². The molecule has 0 aliphatic rings. The zero-order valence-electron chi connectivity index (χ0n) is 13.5. The fourth-order valence-electron chi connectivity index (χ4n) is 2.83. The van der Waals surface area contributed by atoms with Gasteiger partial charge in [-0.15, -0.1) is 0 Å². The molecule has 0 fully saturated rings. The number of hydrogen-bond donors (Lipinski definition) is 2. The van der Waals surface area contributed by atoms with Crippen molar-refractivity contribution in [2.24, 2.45) is 0 Å². The van der Waals surface area contributed by atoms with Crippen molar-refractivity contribution < 1.29 is 8.78 Å². The molecule has 0 amide bonds. The first-order valence-electron chi connectivity index (χ1n) is 7.85. The van der Waals surface area contributed by atoms with Crippen molar-refractivity contribution in [3.63, 3.8) is 0 Å². The van der Waals surface area contributed by atoms with Gasteiger partial charge in [0.05, 0.1) is 12.1 Å². The number of nitrogens with one attached hydrogen (secondary N) is 2. The maximum absolute atomic E-state index is 14.5. The molecule has 0 bridgehead atoms. The number of benzene rings is 2. The zero-order valence-corrected chi connectivity index (χ0v) is 15.1. The van der Waals surface area contributed by atoms with Gasteiger partial charge in [0.25, 0.3) is 0 Å². The van der Waals surface area contributed by atoms with Gasteiger partial charge in [-0.25, -0.2) is 8.78 Å². The van der Waals surface area contributed by atoms with Gasteiger partial charge in [0.2, 0.25) is 0 Å². The lowest BCUT2D eigenvalue weighted by Crippen LogP contribution is -2.36. The topological polar surface area (TPSA) is 24.1 Å². The van der Waals surface area contributed by atoms with Crippen molar-refractivity contribution in [1.82, 2.24) is 10.6 Å². The van der Waals surface area contributed by atoms with Gasteiger partial charge in [-0.1, -0.05) is 49.2 Å². The Morgan fingerprint density at radius 2 is 1.17 bits per heavy atom. The van der Waals surface area contributed by atoms with E-state index in [0.29, 0.717) is 24.2 Å². The van der Waals surface area contributed by atoms with Gasteiger partial charge in [0.15, 0.2) is 0 Å². The molecular formula is C18H20Cl2F2N2. The lowest BCUT2D eigenvalue weighted by Gasteiger charge is -2.31. The van der Waals surface area contributed by atoms with Crippen LogP contribution in [-0.2, 0) is 0 Å². The molecule has 0 aliphatic carbocycles. The van der Waals surface area contributed by atoms with E-state index in [2.05, 4.69) is 10.6 Å².